The Morgan fingerprint density at radius 2 is 2.17 bits per heavy atom. The van der Waals surface area contributed by atoms with Crippen LogP contribution in [0, 0.1) is 5.82 Å². The highest BCUT2D eigenvalue weighted by molar-refractivity contribution is 9.10. The normalized spacial score (nSPS) is 10.8. The van der Waals surface area contributed by atoms with Gasteiger partial charge in [-0.2, -0.15) is 0 Å². The average Bonchev–Trinajstić information content (AvgIpc) is 2.78. The first kappa shape index (κ1) is 13.3. The van der Waals surface area contributed by atoms with Gasteiger partial charge in [0.05, 0.1) is 10.7 Å². The summed E-state index contributed by atoms with van der Waals surface area (Å²) in [5, 5.41) is 3.20. The molecule has 0 saturated carbocycles. The van der Waals surface area contributed by atoms with Gasteiger partial charge in [0.1, 0.15) is 11.6 Å². The number of benzene rings is 1. The fourth-order valence-corrected chi connectivity index (χ4v) is 2.18. The Kier molecular flexibility index (Phi) is 4.55. The first-order valence-corrected chi connectivity index (χ1v) is 6.74. The van der Waals surface area contributed by atoms with Crippen molar-refractivity contribution in [3.63, 3.8) is 0 Å². The predicted octanol–water partition coefficient (Wildman–Crippen LogP) is 4.35. The number of furan rings is 1. The molecule has 1 heterocycles. The second-order valence-corrected chi connectivity index (χ2v) is 4.93. The van der Waals surface area contributed by atoms with E-state index in [1.807, 2.05) is 12.1 Å². The topological polar surface area (TPSA) is 25.2 Å². The molecule has 4 heteroatoms. The molecule has 0 amide bonds. The van der Waals surface area contributed by atoms with E-state index < -0.39 is 0 Å². The maximum atomic E-state index is 13.7. The molecule has 0 fully saturated rings. The molecule has 0 bridgehead atoms. The van der Waals surface area contributed by atoms with Gasteiger partial charge in [-0.3, -0.25) is 0 Å². The van der Waals surface area contributed by atoms with Crippen LogP contribution in [0.5, 0.6) is 0 Å². The molecule has 1 aromatic carbocycles. The number of hydrogen-bond acceptors (Lipinski definition) is 2. The smallest absolute Gasteiger partial charge is 0.148 e. The minimum atomic E-state index is -0.190. The summed E-state index contributed by atoms with van der Waals surface area (Å²) in [6.45, 7) is 3.50. The van der Waals surface area contributed by atoms with Gasteiger partial charge in [0, 0.05) is 17.7 Å². The lowest BCUT2D eigenvalue weighted by molar-refractivity contribution is 0.576. The zero-order chi connectivity index (χ0) is 13.0. The van der Waals surface area contributed by atoms with Crippen molar-refractivity contribution in [2.75, 3.05) is 6.54 Å². The number of nitrogens with one attached hydrogen (secondary N) is 1. The van der Waals surface area contributed by atoms with Gasteiger partial charge >= 0.3 is 0 Å². The number of hydrogen-bond donors (Lipinski definition) is 1. The molecule has 1 N–H and O–H groups in total. The molecule has 2 nitrogen and oxygen atoms in total. The lowest BCUT2D eigenvalue weighted by Gasteiger charge is -2.07. The van der Waals surface area contributed by atoms with Gasteiger partial charge in [0.2, 0.25) is 0 Å². The molecule has 1 aromatic heterocycles. The third-order valence-corrected chi connectivity index (χ3v) is 3.29. The van der Waals surface area contributed by atoms with E-state index in [2.05, 4.69) is 28.2 Å². The molecule has 0 saturated heterocycles. The van der Waals surface area contributed by atoms with Crippen LogP contribution < -0.4 is 5.32 Å². The van der Waals surface area contributed by atoms with Crippen molar-refractivity contribution in [3.05, 3.63) is 46.4 Å². The zero-order valence-corrected chi connectivity index (χ0v) is 11.8. The number of rotatable bonds is 5. The minimum absolute atomic E-state index is 0.190. The van der Waals surface area contributed by atoms with E-state index in [0.29, 0.717) is 12.1 Å². The fraction of sp³-hybridized carbons (Fsp3) is 0.286. The van der Waals surface area contributed by atoms with Crippen molar-refractivity contribution in [3.8, 4) is 11.3 Å². The SMILES string of the molecule is CCCNCc1cc(-c2occc2Br)ccc1F. The maximum absolute atomic E-state index is 13.7. The van der Waals surface area contributed by atoms with Crippen molar-refractivity contribution in [1.82, 2.24) is 5.32 Å². The zero-order valence-electron chi connectivity index (χ0n) is 10.2. The molecular formula is C14H15BrFNO. The van der Waals surface area contributed by atoms with Crippen LogP contribution in [0.1, 0.15) is 18.9 Å². The molecule has 0 radical (unpaired) electrons. The monoisotopic (exact) mass is 311 g/mol. The molecule has 0 aliphatic heterocycles. The van der Waals surface area contributed by atoms with Crippen molar-refractivity contribution >= 4 is 15.9 Å². The number of halogens is 2. The van der Waals surface area contributed by atoms with Crippen LogP contribution in [-0.2, 0) is 6.54 Å². The van der Waals surface area contributed by atoms with Gasteiger partial charge in [-0.05, 0) is 53.2 Å². The highest BCUT2D eigenvalue weighted by atomic mass is 79.9. The van der Waals surface area contributed by atoms with Crippen molar-refractivity contribution in [1.29, 1.82) is 0 Å². The standard InChI is InChI=1S/C14H15BrFNO/c1-2-6-17-9-11-8-10(3-4-13(11)16)14-12(15)5-7-18-14/h3-5,7-8,17H,2,6,9H2,1H3. The van der Waals surface area contributed by atoms with E-state index >= 15 is 0 Å². The van der Waals surface area contributed by atoms with Gasteiger partial charge in [0.25, 0.3) is 0 Å². The Morgan fingerprint density at radius 3 is 2.83 bits per heavy atom. The summed E-state index contributed by atoms with van der Waals surface area (Å²) in [5.74, 6) is 0.539. The maximum Gasteiger partial charge on any atom is 0.148 e. The Labute approximate surface area is 114 Å². The third kappa shape index (κ3) is 3.00. The van der Waals surface area contributed by atoms with Gasteiger partial charge in [-0.25, -0.2) is 4.39 Å². The van der Waals surface area contributed by atoms with Crippen molar-refractivity contribution in [2.45, 2.75) is 19.9 Å². The molecule has 96 valence electrons. The van der Waals surface area contributed by atoms with Crippen molar-refractivity contribution in [2.24, 2.45) is 0 Å². The first-order chi connectivity index (χ1) is 8.72. The molecule has 0 spiro atoms. The van der Waals surface area contributed by atoms with Gasteiger partial charge in [-0.1, -0.05) is 6.92 Å². The molecule has 0 aliphatic carbocycles. The highest BCUT2D eigenvalue weighted by Crippen LogP contribution is 2.30. The van der Waals surface area contributed by atoms with Gasteiger partial charge in [-0.15, -0.1) is 0 Å². The first-order valence-electron chi connectivity index (χ1n) is 5.95. The molecule has 2 aromatic rings. The lowest BCUT2D eigenvalue weighted by atomic mass is 10.1. The van der Waals surface area contributed by atoms with Crippen LogP contribution in [0.4, 0.5) is 4.39 Å². The Hall–Kier alpha value is -1.13. The summed E-state index contributed by atoms with van der Waals surface area (Å²) in [7, 11) is 0. The minimum Gasteiger partial charge on any atom is -0.463 e. The van der Waals surface area contributed by atoms with E-state index in [1.165, 1.54) is 6.07 Å². The summed E-state index contributed by atoms with van der Waals surface area (Å²) < 4.78 is 19.9. The molecule has 18 heavy (non-hydrogen) atoms. The summed E-state index contributed by atoms with van der Waals surface area (Å²) >= 11 is 3.41. The second kappa shape index (κ2) is 6.16. The van der Waals surface area contributed by atoms with Gasteiger partial charge < -0.3 is 9.73 Å². The largest absolute Gasteiger partial charge is 0.463 e. The Morgan fingerprint density at radius 1 is 1.33 bits per heavy atom. The van der Waals surface area contributed by atoms with E-state index in [-0.39, 0.29) is 5.82 Å². The van der Waals surface area contributed by atoms with E-state index in [9.17, 15) is 4.39 Å². The van der Waals surface area contributed by atoms with Crippen LogP contribution >= 0.6 is 15.9 Å². The molecule has 0 aliphatic rings. The summed E-state index contributed by atoms with van der Waals surface area (Å²) in [6.07, 6.45) is 2.64. The Bertz CT molecular complexity index is 524. The van der Waals surface area contributed by atoms with Crippen LogP contribution in [0.2, 0.25) is 0 Å². The summed E-state index contributed by atoms with van der Waals surface area (Å²) in [6, 6.07) is 6.85. The molecular weight excluding hydrogens is 297 g/mol. The molecule has 0 unspecified atom stereocenters. The lowest BCUT2D eigenvalue weighted by Crippen LogP contribution is -2.14. The quantitative estimate of drug-likeness (QED) is 0.831. The van der Waals surface area contributed by atoms with E-state index in [4.69, 9.17) is 4.42 Å². The van der Waals surface area contributed by atoms with Crippen LogP contribution in [-0.4, -0.2) is 6.54 Å². The van der Waals surface area contributed by atoms with E-state index in [1.54, 1.807) is 12.3 Å². The summed E-state index contributed by atoms with van der Waals surface area (Å²) in [5.41, 5.74) is 1.53. The second-order valence-electron chi connectivity index (χ2n) is 4.08. The predicted molar refractivity (Wildman–Crippen MR) is 73.8 cm³/mol. The van der Waals surface area contributed by atoms with Crippen LogP contribution in [0.25, 0.3) is 11.3 Å². The summed E-state index contributed by atoms with van der Waals surface area (Å²) in [4.78, 5) is 0. The highest BCUT2D eigenvalue weighted by Gasteiger charge is 2.10. The molecule has 2 rings (SSSR count). The van der Waals surface area contributed by atoms with Crippen molar-refractivity contribution < 1.29 is 8.81 Å². The van der Waals surface area contributed by atoms with Gasteiger partial charge in [0.15, 0.2) is 0 Å². The van der Waals surface area contributed by atoms with Crippen LogP contribution in [0.3, 0.4) is 0 Å². The van der Waals surface area contributed by atoms with Crippen LogP contribution in [0.15, 0.2) is 39.4 Å². The third-order valence-electron chi connectivity index (χ3n) is 2.67. The Balaban J connectivity index is 2.23. The molecule has 0 atom stereocenters. The fourth-order valence-electron chi connectivity index (χ4n) is 1.75. The van der Waals surface area contributed by atoms with E-state index in [0.717, 1.165) is 28.8 Å². The average molecular weight is 312 g/mol.